The number of benzene rings is 2. The van der Waals surface area contributed by atoms with E-state index in [0.717, 1.165) is 69.8 Å². The predicted molar refractivity (Wildman–Crippen MR) is 133 cm³/mol. The highest BCUT2D eigenvalue weighted by Crippen LogP contribution is 2.40. The third-order valence-corrected chi connectivity index (χ3v) is 7.77. The number of thiazole rings is 2. The molecule has 0 unspecified atom stereocenters. The molecule has 10 heteroatoms. The number of fused-ring (bicyclic) bond motifs is 2. The average Bonchev–Trinajstić information content (AvgIpc) is 3.50. The number of carbonyl (C=O) groups excluding carboxylic acids is 1. The minimum absolute atomic E-state index is 0.0405. The van der Waals surface area contributed by atoms with Gasteiger partial charge >= 0.3 is 0 Å². The topological polar surface area (TPSA) is 79.8 Å². The van der Waals surface area contributed by atoms with Gasteiger partial charge in [0.1, 0.15) is 21.7 Å². The highest BCUT2D eigenvalue weighted by molar-refractivity contribution is 7.22. The number of piperazine rings is 1. The lowest BCUT2D eigenvalue weighted by atomic mass is 10.2. The molecule has 2 aromatic carbocycles. The molecule has 0 radical (unpaired) electrons. The summed E-state index contributed by atoms with van der Waals surface area (Å²) < 4.78 is 13.0. The molecule has 5 rings (SSSR count). The number of hydrogen-bond donors (Lipinski definition) is 1. The minimum atomic E-state index is -0.0405. The van der Waals surface area contributed by atoms with Gasteiger partial charge in [0, 0.05) is 44.8 Å². The van der Waals surface area contributed by atoms with Crippen molar-refractivity contribution in [3.63, 3.8) is 0 Å². The number of nitrogens with zero attached hydrogens (tertiary/aromatic N) is 4. The van der Waals surface area contributed by atoms with Gasteiger partial charge < -0.3 is 19.7 Å². The molecule has 0 aliphatic carbocycles. The van der Waals surface area contributed by atoms with Gasteiger partial charge in [0.15, 0.2) is 5.13 Å². The number of aromatic nitrogens is 2. The Morgan fingerprint density at radius 1 is 1.09 bits per heavy atom. The highest BCUT2D eigenvalue weighted by atomic mass is 32.1. The quantitative estimate of drug-likeness (QED) is 0.431. The van der Waals surface area contributed by atoms with Crippen molar-refractivity contribution in [3.05, 3.63) is 41.4 Å². The Balaban J connectivity index is 1.15. The summed E-state index contributed by atoms with van der Waals surface area (Å²) in [6.45, 7) is 5.07. The molecule has 0 saturated carbocycles. The Hall–Kier alpha value is -2.95. The van der Waals surface area contributed by atoms with Crippen molar-refractivity contribution < 1.29 is 14.3 Å². The third-order valence-electron chi connectivity index (χ3n) is 5.85. The van der Waals surface area contributed by atoms with E-state index in [1.807, 2.05) is 30.3 Å². The summed E-state index contributed by atoms with van der Waals surface area (Å²) in [5, 5.41) is 4.03. The molecule has 2 aromatic heterocycles. The van der Waals surface area contributed by atoms with Gasteiger partial charge in [-0.1, -0.05) is 11.3 Å². The second kappa shape index (κ2) is 9.50. The van der Waals surface area contributed by atoms with E-state index in [0.29, 0.717) is 12.1 Å². The molecular formula is C23H25N5O3S2. The van der Waals surface area contributed by atoms with Crippen molar-refractivity contribution in [2.45, 2.75) is 0 Å². The van der Waals surface area contributed by atoms with Crippen LogP contribution in [0.2, 0.25) is 0 Å². The fourth-order valence-electron chi connectivity index (χ4n) is 4.00. The second-order valence-electron chi connectivity index (χ2n) is 7.76. The predicted octanol–water partition coefficient (Wildman–Crippen LogP) is 3.48. The fourth-order valence-corrected chi connectivity index (χ4v) is 5.84. The van der Waals surface area contributed by atoms with Gasteiger partial charge in [0.05, 0.1) is 29.9 Å². The minimum Gasteiger partial charge on any atom is -0.495 e. The average molecular weight is 484 g/mol. The first-order chi connectivity index (χ1) is 16.2. The fraction of sp³-hybridized carbons (Fsp3) is 0.348. The summed E-state index contributed by atoms with van der Waals surface area (Å²) in [5.74, 6) is 1.54. The van der Waals surface area contributed by atoms with Crippen LogP contribution in [-0.2, 0) is 0 Å². The van der Waals surface area contributed by atoms with Gasteiger partial charge in [0.25, 0.3) is 5.91 Å². The number of carbonyl (C=O) groups is 1. The van der Waals surface area contributed by atoms with Crippen molar-refractivity contribution in [2.24, 2.45) is 0 Å². The first-order valence-corrected chi connectivity index (χ1v) is 12.5. The molecule has 172 valence electrons. The van der Waals surface area contributed by atoms with Crippen LogP contribution < -0.4 is 19.7 Å². The Bertz CT molecular complexity index is 1240. The van der Waals surface area contributed by atoms with E-state index in [1.54, 1.807) is 42.4 Å². The number of methoxy groups -OCH3 is 2. The smallest absolute Gasteiger partial charge is 0.251 e. The Morgan fingerprint density at radius 2 is 1.88 bits per heavy atom. The van der Waals surface area contributed by atoms with Gasteiger partial charge in [-0.3, -0.25) is 9.69 Å². The third kappa shape index (κ3) is 4.46. The molecule has 1 amide bonds. The lowest BCUT2D eigenvalue weighted by Crippen LogP contribution is -2.48. The van der Waals surface area contributed by atoms with Crippen LogP contribution >= 0.6 is 22.7 Å². The van der Waals surface area contributed by atoms with E-state index in [9.17, 15) is 4.79 Å². The number of hydrogen-bond acceptors (Lipinski definition) is 9. The molecule has 8 nitrogen and oxygen atoms in total. The molecular weight excluding hydrogens is 458 g/mol. The monoisotopic (exact) mass is 483 g/mol. The second-order valence-corrected chi connectivity index (χ2v) is 9.63. The lowest BCUT2D eigenvalue weighted by Gasteiger charge is -2.34. The van der Waals surface area contributed by atoms with Crippen molar-refractivity contribution in [2.75, 3.05) is 58.4 Å². The maximum atomic E-state index is 12.5. The first kappa shape index (κ1) is 21.9. The van der Waals surface area contributed by atoms with Gasteiger partial charge in [0.2, 0.25) is 0 Å². The van der Waals surface area contributed by atoms with E-state index in [1.165, 1.54) is 0 Å². The van der Waals surface area contributed by atoms with E-state index in [2.05, 4.69) is 20.1 Å². The zero-order chi connectivity index (χ0) is 22.8. The Morgan fingerprint density at radius 3 is 2.67 bits per heavy atom. The van der Waals surface area contributed by atoms with Crippen LogP contribution in [0.4, 0.5) is 5.13 Å². The summed E-state index contributed by atoms with van der Waals surface area (Å²) in [7, 11) is 3.34. The standard InChI is InChI=1S/C23H25N5O3S2/c1-30-17-5-6-18(31-2)21-20(17)26-23(33-21)28-11-9-27(10-12-28)8-7-24-22(29)15-3-4-16-19(13-15)32-14-25-16/h3-6,13-14H,7-12H2,1-2H3,(H,24,29). The first-order valence-electron chi connectivity index (χ1n) is 10.8. The van der Waals surface area contributed by atoms with Crippen molar-refractivity contribution in [1.29, 1.82) is 0 Å². The number of amides is 1. The summed E-state index contributed by atoms with van der Waals surface area (Å²) in [6, 6.07) is 9.45. The van der Waals surface area contributed by atoms with E-state index < -0.39 is 0 Å². The molecule has 3 heterocycles. The van der Waals surface area contributed by atoms with E-state index in [-0.39, 0.29) is 5.91 Å². The largest absolute Gasteiger partial charge is 0.495 e. The molecule has 1 N–H and O–H groups in total. The molecule has 1 aliphatic rings. The number of anilines is 1. The van der Waals surface area contributed by atoms with Crippen LogP contribution in [0, 0.1) is 0 Å². The maximum Gasteiger partial charge on any atom is 0.251 e. The van der Waals surface area contributed by atoms with Crippen LogP contribution in [-0.4, -0.2) is 74.3 Å². The van der Waals surface area contributed by atoms with E-state index >= 15 is 0 Å². The maximum absolute atomic E-state index is 12.5. The Kier molecular flexibility index (Phi) is 6.30. The van der Waals surface area contributed by atoms with Crippen molar-refractivity contribution >= 4 is 54.1 Å². The molecule has 1 fully saturated rings. The van der Waals surface area contributed by atoms with E-state index in [4.69, 9.17) is 14.5 Å². The SMILES string of the molecule is COc1ccc(OC)c2sc(N3CCN(CCNC(=O)c4ccc5ncsc5c4)CC3)nc12. The van der Waals surface area contributed by atoms with Crippen LogP contribution in [0.3, 0.4) is 0 Å². The highest BCUT2D eigenvalue weighted by Gasteiger charge is 2.22. The normalized spacial score (nSPS) is 14.7. The zero-order valence-electron chi connectivity index (χ0n) is 18.5. The van der Waals surface area contributed by atoms with Crippen LogP contribution in [0.1, 0.15) is 10.4 Å². The number of ether oxygens (including phenoxy) is 2. The van der Waals surface area contributed by atoms with Gasteiger partial charge in [-0.25, -0.2) is 9.97 Å². The van der Waals surface area contributed by atoms with Gasteiger partial charge in [-0.2, -0.15) is 0 Å². The van der Waals surface area contributed by atoms with Crippen LogP contribution in [0.25, 0.3) is 20.4 Å². The number of rotatable bonds is 7. The van der Waals surface area contributed by atoms with Crippen molar-refractivity contribution in [3.8, 4) is 11.5 Å². The summed E-state index contributed by atoms with van der Waals surface area (Å²) in [4.78, 5) is 26.3. The summed E-state index contributed by atoms with van der Waals surface area (Å²) >= 11 is 3.18. The number of nitrogens with one attached hydrogen (secondary N) is 1. The summed E-state index contributed by atoms with van der Waals surface area (Å²) in [6.07, 6.45) is 0. The molecule has 1 aliphatic heterocycles. The molecule has 0 spiro atoms. The molecule has 0 atom stereocenters. The lowest BCUT2D eigenvalue weighted by molar-refractivity contribution is 0.0948. The van der Waals surface area contributed by atoms with Gasteiger partial charge in [-0.05, 0) is 30.3 Å². The van der Waals surface area contributed by atoms with Crippen LogP contribution in [0.5, 0.6) is 11.5 Å². The van der Waals surface area contributed by atoms with Gasteiger partial charge in [-0.15, -0.1) is 11.3 Å². The molecule has 4 aromatic rings. The van der Waals surface area contributed by atoms with Crippen molar-refractivity contribution in [1.82, 2.24) is 20.2 Å². The van der Waals surface area contributed by atoms with Crippen LogP contribution in [0.15, 0.2) is 35.8 Å². The zero-order valence-corrected chi connectivity index (χ0v) is 20.2. The summed E-state index contributed by atoms with van der Waals surface area (Å²) in [5.41, 5.74) is 4.25. The Labute approximate surface area is 199 Å². The molecule has 1 saturated heterocycles. The molecule has 33 heavy (non-hydrogen) atoms. The molecule has 0 bridgehead atoms.